The molecule has 0 aliphatic carbocycles. The number of aliphatic hydroxyl groups excluding tert-OH is 1. The first-order valence-corrected chi connectivity index (χ1v) is 8.71. The standard InChI is InChI=1S/C21H23NO2/c23-21-18-9-11-22(12-10-18)20(21)14-17-7-4-8-19(13-17)24-15-16-5-2-1-3-6-16/h1-8,13-14,18,21,23H,9-12,15H2/b20-14-/t21-/m1/s1. The summed E-state index contributed by atoms with van der Waals surface area (Å²) in [6, 6.07) is 18.3. The molecule has 0 spiro atoms. The minimum absolute atomic E-state index is 0.318. The Morgan fingerprint density at radius 1 is 1.04 bits per heavy atom. The second kappa shape index (κ2) is 6.70. The van der Waals surface area contributed by atoms with Crippen molar-refractivity contribution in [3.05, 3.63) is 71.4 Å². The maximum atomic E-state index is 10.5. The fourth-order valence-corrected chi connectivity index (χ4v) is 3.68. The van der Waals surface area contributed by atoms with Crippen LogP contribution in [0.15, 0.2) is 60.3 Å². The third-order valence-electron chi connectivity index (χ3n) is 5.08. The van der Waals surface area contributed by atoms with Crippen LogP contribution in [0.25, 0.3) is 6.08 Å². The van der Waals surface area contributed by atoms with Crippen molar-refractivity contribution in [2.75, 3.05) is 13.1 Å². The Labute approximate surface area is 143 Å². The van der Waals surface area contributed by atoms with Crippen LogP contribution < -0.4 is 4.74 Å². The molecule has 3 saturated heterocycles. The number of hydrogen-bond donors (Lipinski definition) is 1. The highest BCUT2D eigenvalue weighted by molar-refractivity contribution is 5.56. The van der Waals surface area contributed by atoms with E-state index in [4.69, 9.17) is 4.74 Å². The molecule has 0 radical (unpaired) electrons. The predicted octanol–water partition coefficient (Wildman–Crippen LogP) is 3.69. The van der Waals surface area contributed by atoms with Gasteiger partial charge in [-0.2, -0.15) is 0 Å². The van der Waals surface area contributed by atoms with Crippen LogP contribution >= 0.6 is 0 Å². The molecule has 1 N–H and O–H groups in total. The van der Waals surface area contributed by atoms with E-state index in [-0.39, 0.29) is 6.10 Å². The monoisotopic (exact) mass is 321 g/mol. The van der Waals surface area contributed by atoms with Crippen molar-refractivity contribution in [3.8, 4) is 5.75 Å². The molecule has 124 valence electrons. The van der Waals surface area contributed by atoms with E-state index in [0.29, 0.717) is 12.5 Å². The molecule has 5 rings (SSSR count). The quantitative estimate of drug-likeness (QED) is 0.932. The molecule has 0 unspecified atom stereocenters. The summed E-state index contributed by atoms with van der Waals surface area (Å²) < 4.78 is 5.91. The Kier molecular flexibility index (Phi) is 4.26. The van der Waals surface area contributed by atoms with Gasteiger partial charge in [0, 0.05) is 18.8 Å². The van der Waals surface area contributed by atoms with Gasteiger partial charge >= 0.3 is 0 Å². The molecule has 3 aliphatic rings. The van der Waals surface area contributed by atoms with Gasteiger partial charge in [-0.05, 0) is 48.1 Å². The summed E-state index contributed by atoms with van der Waals surface area (Å²) >= 11 is 0. The topological polar surface area (TPSA) is 32.7 Å². The van der Waals surface area contributed by atoms with E-state index < -0.39 is 0 Å². The van der Waals surface area contributed by atoms with Crippen LogP contribution in [-0.4, -0.2) is 29.2 Å². The lowest BCUT2D eigenvalue weighted by atomic mass is 9.83. The second-order valence-corrected chi connectivity index (χ2v) is 6.69. The Hall–Kier alpha value is -2.26. The molecular formula is C21H23NO2. The van der Waals surface area contributed by atoms with Crippen molar-refractivity contribution in [1.29, 1.82) is 0 Å². The lowest BCUT2D eigenvalue weighted by Gasteiger charge is -2.45. The number of ether oxygens (including phenoxy) is 1. The van der Waals surface area contributed by atoms with Crippen molar-refractivity contribution in [3.63, 3.8) is 0 Å². The highest BCUT2D eigenvalue weighted by atomic mass is 16.5. The Bertz CT molecular complexity index is 714. The van der Waals surface area contributed by atoms with E-state index in [9.17, 15) is 5.11 Å². The Morgan fingerprint density at radius 2 is 1.83 bits per heavy atom. The predicted molar refractivity (Wildman–Crippen MR) is 95.5 cm³/mol. The van der Waals surface area contributed by atoms with Crippen molar-refractivity contribution >= 4 is 6.08 Å². The van der Waals surface area contributed by atoms with Crippen molar-refractivity contribution < 1.29 is 9.84 Å². The van der Waals surface area contributed by atoms with Crippen molar-refractivity contribution in [2.45, 2.75) is 25.6 Å². The minimum atomic E-state index is -0.318. The molecule has 0 amide bonds. The smallest absolute Gasteiger partial charge is 0.120 e. The molecule has 3 aliphatic heterocycles. The molecule has 2 aromatic rings. The normalized spacial score (nSPS) is 24.4. The van der Waals surface area contributed by atoms with Gasteiger partial charge in [-0.3, -0.25) is 0 Å². The number of fused-ring (bicyclic) bond motifs is 3. The number of nitrogens with zero attached hydrogens (tertiary/aromatic N) is 1. The zero-order valence-corrected chi connectivity index (χ0v) is 13.8. The first kappa shape index (κ1) is 15.3. The van der Waals surface area contributed by atoms with E-state index in [2.05, 4.69) is 29.2 Å². The molecule has 3 fully saturated rings. The van der Waals surface area contributed by atoms with Gasteiger partial charge in [0.05, 0.1) is 6.10 Å². The van der Waals surface area contributed by atoms with Crippen molar-refractivity contribution in [1.82, 2.24) is 4.90 Å². The van der Waals surface area contributed by atoms with Gasteiger partial charge in [-0.15, -0.1) is 0 Å². The molecule has 3 nitrogen and oxygen atoms in total. The number of hydrogen-bond acceptors (Lipinski definition) is 3. The fraction of sp³-hybridized carbons (Fsp3) is 0.333. The zero-order valence-electron chi connectivity index (χ0n) is 13.8. The third kappa shape index (κ3) is 3.17. The molecule has 1 atom stereocenters. The first-order chi connectivity index (χ1) is 11.8. The lowest BCUT2D eigenvalue weighted by molar-refractivity contribution is 0.0215. The summed E-state index contributed by atoms with van der Waals surface area (Å²) in [6.07, 6.45) is 4.02. The second-order valence-electron chi connectivity index (χ2n) is 6.69. The summed E-state index contributed by atoms with van der Waals surface area (Å²) in [5.41, 5.74) is 3.31. The van der Waals surface area contributed by atoms with Crippen LogP contribution in [0.2, 0.25) is 0 Å². The van der Waals surface area contributed by atoms with Gasteiger partial charge in [-0.25, -0.2) is 0 Å². The van der Waals surface area contributed by atoms with Crippen LogP contribution in [0, 0.1) is 5.92 Å². The molecule has 24 heavy (non-hydrogen) atoms. The molecule has 0 aromatic heterocycles. The van der Waals surface area contributed by atoms with Crippen LogP contribution in [0.1, 0.15) is 24.0 Å². The maximum Gasteiger partial charge on any atom is 0.120 e. The fourth-order valence-electron chi connectivity index (χ4n) is 3.68. The van der Waals surface area contributed by atoms with Gasteiger partial charge in [0.1, 0.15) is 12.4 Å². The highest BCUT2D eigenvalue weighted by Crippen LogP contribution is 2.35. The van der Waals surface area contributed by atoms with E-state index in [0.717, 1.165) is 48.5 Å². The average Bonchev–Trinajstić information content (AvgIpc) is 2.65. The highest BCUT2D eigenvalue weighted by Gasteiger charge is 2.36. The summed E-state index contributed by atoms with van der Waals surface area (Å²) in [6.45, 7) is 2.70. The van der Waals surface area contributed by atoms with E-state index in [1.165, 1.54) is 0 Å². The van der Waals surface area contributed by atoms with Crippen molar-refractivity contribution in [2.24, 2.45) is 5.92 Å². The van der Waals surface area contributed by atoms with Gasteiger partial charge in [0.15, 0.2) is 0 Å². The summed E-state index contributed by atoms with van der Waals surface area (Å²) in [7, 11) is 0. The van der Waals surface area contributed by atoms with E-state index in [1.54, 1.807) is 0 Å². The van der Waals surface area contributed by atoms with Crippen LogP contribution in [0.3, 0.4) is 0 Å². The largest absolute Gasteiger partial charge is 0.489 e. The molecule has 3 heteroatoms. The SMILES string of the molecule is O[C@H]1/C(=C/c2cccc(OCc3ccccc3)c2)N2CCC1CC2. The number of rotatable bonds is 4. The van der Waals surface area contributed by atoms with Crippen LogP contribution in [0.4, 0.5) is 0 Å². The number of piperidine rings is 3. The maximum absolute atomic E-state index is 10.5. The average molecular weight is 321 g/mol. The van der Waals surface area contributed by atoms with Crippen LogP contribution in [-0.2, 0) is 6.61 Å². The molecular weight excluding hydrogens is 298 g/mol. The molecule has 2 bridgehead atoms. The molecule has 3 heterocycles. The molecule has 2 aromatic carbocycles. The third-order valence-corrected chi connectivity index (χ3v) is 5.08. The van der Waals surface area contributed by atoms with E-state index in [1.807, 2.05) is 36.4 Å². The zero-order chi connectivity index (χ0) is 16.4. The summed E-state index contributed by atoms with van der Waals surface area (Å²) in [5.74, 6) is 1.29. The van der Waals surface area contributed by atoms with Gasteiger partial charge in [0.25, 0.3) is 0 Å². The number of aliphatic hydroxyl groups is 1. The number of benzene rings is 2. The van der Waals surface area contributed by atoms with Gasteiger partial charge < -0.3 is 14.7 Å². The Balaban J connectivity index is 1.49. The van der Waals surface area contributed by atoms with Crippen LogP contribution in [0.5, 0.6) is 5.75 Å². The van der Waals surface area contributed by atoms with Gasteiger partial charge in [0.2, 0.25) is 0 Å². The van der Waals surface area contributed by atoms with Gasteiger partial charge in [-0.1, -0.05) is 42.5 Å². The summed E-state index contributed by atoms with van der Waals surface area (Å²) in [4.78, 5) is 2.32. The Morgan fingerprint density at radius 3 is 2.58 bits per heavy atom. The van der Waals surface area contributed by atoms with E-state index >= 15 is 0 Å². The summed E-state index contributed by atoms with van der Waals surface area (Å²) in [5, 5.41) is 10.5. The minimum Gasteiger partial charge on any atom is -0.489 e. The molecule has 0 saturated carbocycles. The lowest BCUT2D eigenvalue weighted by Crippen LogP contribution is -2.48. The first-order valence-electron chi connectivity index (χ1n) is 8.71.